The van der Waals surface area contributed by atoms with Gasteiger partial charge in [0.05, 0.1) is 5.69 Å². The first-order valence-corrected chi connectivity index (χ1v) is 12.6. The number of piperidine rings is 1. The number of aromatic amines is 1. The number of aryl methyl sites for hydroxylation is 5. The summed E-state index contributed by atoms with van der Waals surface area (Å²) < 4.78 is 0. The Morgan fingerprint density at radius 1 is 1.03 bits per heavy atom. The largest absolute Gasteiger partial charge is 0.371 e. The van der Waals surface area contributed by atoms with E-state index >= 15 is 0 Å². The predicted molar refractivity (Wildman–Crippen MR) is 141 cm³/mol. The molecule has 1 aliphatic rings. The maximum absolute atomic E-state index is 4.97. The minimum atomic E-state index is 0.650. The third-order valence-corrected chi connectivity index (χ3v) is 7.26. The Morgan fingerprint density at radius 2 is 1.73 bits per heavy atom. The Balaban J connectivity index is 1.54. The minimum Gasteiger partial charge on any atom is -0.371 e. The summed E-state index contributed by atoms with van der Waals surface area (Å²) in [5.41, 5.74) is 11.4. The van der Waals surface area contributed by atoms with Crippen molar-refractivity contribution >= 4 is 5.70 Å². The van der Waals surface area contributed by atoms with Crippen molar-refractivity contribution in [1.82, 2.24) is 14.9 Å². The molecule has 3 heteroatoms. The van der Waals surface area contributed by atoms with Gasteiger partial charge in [0.2, 0.25) is 0 Å². The molecular formula is C30H39N3. The summed E-state index contributed by atoms with van der Waals surface area (Å²) in [6.07, 6.45) is 5.50. The lowest BCUT2D eigenvalue weighted by Crippen LogP contribution is -2.31. The van der Waals surface area contributed by atoms with Crippen LogP contribution in [0.3, 0.4) is 0 Å². The third kappa shape index (κ3) is 4.93. The molecule has 0 atom stereocenters. The molecule has 33 heavy (non-hydrogen) atoms. The molecule has 0 spiro atoms. The molecular weight excluding hydrogens is 402 g/mol. The number of hydrogen-bond acceptors (Lipinski definition) is 2. The fourth-order valence-electron chi connectivity index (χ4n) is 5.23. The van der Waals surface area contributed by atoms with Crippen molar-refractivity contribution in [3.63, 3.8) is 0 Å². The van der Waals surface area contributed by atoms with Crippen LogP contribution in [-0.4, -0.2) is 28.0 Å². The summed E-state index contributed by atoms with van der Waals surface area (Å²) in [4.78, 5) is 11.1. The summed E-state index contributed by atoms with van der Waals surface area (Å²) in [7, 11) is 0. The Bertz CT molecular complexity index is 1110. The zero-order valence-corrected chi connectivity index (χ0v) is 21.1. The van der Waals surface area contributed by atoms with Crippen molar-refractivity contribution in [2.24, 2.45) is 0 Å². The van der Waals surface area contributed by atoms with Gasteiger partial charge in [-0.2, -0.15) is 0 Å². The SMILES string of the molecule is C=C(c1cc(-c2nc(CC)c(CCC)[nH]2)c(C)cc1C)N1CCC(c2ccc(C)cc2)CC1. The minimum absolute atomic E-state index is 0.650. The van der Waals surface area contributed by atoms with Crippen molar-refractivity contribution in [3.8, 4) is 11.4 Å². The van der Waals surface area contributed by atoms with E-state index in [1.54, 1.807) is 0 Å². The van der Waals surface area contributed by atoms with Crippen LogP contribution < -0.4 is 0 Å². The van der Waals surface area contributed by atoms with E-state index in [4.69, 9.17) is 4.98 Å². The summed E-state index contributed by atoms with van der Waals surface area (Å²) in [6.45, 7) is 17.6. The van der Waals surface area contributed by atoms with Gasteiger partial charge in [0.1, 0.15) is 5.82 Å². The van der Waals surface area contributed by atoms with Crippen LogP contribution in [0.5, 0.6) is 0 Å². The average Bonchev–Trinajstić information content (AvgIpc) is 3.22. The standard InChI is InChI=1S/C30H39N3/c1-7-9-29-28(8-2)31-30(32-29)27-19-26(21(4)18-22(27)5)23(6)33-16-14-25(15-17-33)24-12-10-20(3)11-13-24/h10-13,18-19,25H,6-9,14-17H2,1-5H3,(H,31,32). The quantitative estimate of drug-likeness (QED) is 0.415. The number of imidazole rings is 1. The number of benzene rings is 2. The van der Waals surface area contributed by atoms with Gasteiger partial charge in [-0.15, -0.1) is 0 Å². The van der Waals surface area contributed by atoms with Crippen LogP contribution in [0, 0.1) is 20.8 Å². The summed E-state index contributed by atoms with van der Waals surface area (Å²) in [5, 5.41) is 0. The summed E-state index contributed by atoms with van der Waals surface area (Å²) in [6, 6.07) is 13.7. The Hall–Kier alpha value is -2.81. The van der Waals surface area contributed by atoms with Gasteiger partial charge in [-0.05, 0) is 75.1 Å². The van der Waals surface area contributed by atoms with E-state index < -0.39 is 0 Å². The monoisotopic (exact) mass is 441 g/mol. The molecule has 1 aromatic heterocycles. The molecule has 2 aromatic carbocycles. The average molecular weight is 442 g/mol. The van der Waals surface area contributed by atoms with Crippen LogP contribution in [0.25, 0.3) is 17.1 Å². The van der Waals surface area contributed by atoms with E-state index in [9.17, 15) is 0 Å². The lowest BCUT2D eigenvalue weighted by Gasteiger charge is -2.35. The smallest absolute Gasteiger partial charge is 0.138 e. The van der Waals surface area contributed by atoms with E-state index in [-0.39, 0.29) is 0 Å². The predicted octanol–water partition coefficient (Wildman–Crippen LogP) is 7.37. The molecule has 4 rings (SSSR count). The molecule has 3 aromatic rings. The topological polar surface area (TPSA) is 31.9 Å². The molecule has 3 nitrogen and oxygen atoms in total. The zero-order chi connectivity index (χ0) is 23.5. The van der Waals surface area contributed by atoms with Crippen molar-refractivity contribution in [2.45, 2.75) is 72.6 Å². The Kier molecular flexibility index (Phi) is 7.07. The van der Waals surface area contributed by atoms with E-state index in [0.29, 0.717) is 5.92 Å². The van der Waals surface area contributed by atoms with Gasteiger partial charge in [-0.25, -0.2) is 4.98 Å². The van der Waals surface area contributed by atoms with Crippen LogP contribution in [0.15, 0.2) is 43.0 Å². The summed E-state index contributed by atoms with van der Waals surface area (Å²) >= 11 is 0. The van der Waals surface area contributed by atoms with Crippen molar-refractivity contribution in [2.75, 3.05) is 13.1 Å². The Labute approximate surface area is 200 Å². The first-order chi connectivity index (χ1) is 15.9. The van der Waals surface area contributed by atoms with Crippen molar-refractivity contribution in [3.05, 3.63) is 82.2 Å². The van der Waals surface area contributed by atoms with Crippen molar-refractivity contribution in [1.29, 1.82) is 0 Å². The van der Waals surface area contributed by atoms with E-state index in [1.165, 1.54) is 57.6 Å². The number of nitrogens with zero attached hydrogens (tertiary/aromatic N) is 2. The second-order valence-electron chi connectivity index (χ2n) is 9.71. The molecule has 1 saturated heterocycles. The molecule has 1 aliphatic heterocycles. The highest BCUT2D eigenvalue weighted by molar-refractivity contribution is 5.73. The first-order valence-electron chi connectivity index (χ1n) is 12.6. The number of likely N-dealkylation sites (tertiary alicyclic amines) is 1. The number of rotatable bonds is 7. The first kappa shape index (κ1) is 23.4. The van der Waals surface area contributed by atoms with E-state index in [0.717, 1.165) is 43.9 Å². The second kappa shape index (κ2) is 9.99. The molecule has 0 aliphatic carbocycles. The van der Waals surface area contributed by atoms with Crippen LogP contribution in [0.4, 0.5) is 0 Å². The van der Waals surface area contributed by atoms with E-state index in [1.807, 2.05) is 0 Å². The molecule has 2 heterocycles. The van der Waals surface area contributed by atoms with Gasteiger partial charge in [-0.3, -0.25) is 0 Å². The second-order valence-corrected chi connectivity index (χ2v) is 9.71. The van der Waals surface area contributed by atoms with Gasteiger partial charge in [-0.1, -0.05) is 62.7 Å². The molecule has 0 radical (unpaired) electrons. The summed E-state index contributed by atoms with van der Waals surface area (Å²) in [5.74, 6) is 1.65. The molecule has 0 saturated carbocycles. The van der Waals surface area contributed by atoms with Gasteiger partial charge in [0, 0.05) is 35.6 Å². The molecule has 0 bridgehead atoms. The van der Waals surface area contributed by atoms with E-state index in [2.05, 4.69) is 87.5 Å². The molecule has 0 amide bonds. The lowest BCUT2D eigenvalue weighted by molar-refractivity contribution is 0.299. The van der Waals surface area contributed by atoms with Crippen LogP contribution in [0.2, 0.25) is 0 Å². The normalized spacial score (nSPS) is 14.6. The molecule has 1 N–H and O–H groups in total. The number of hydrogen-bond donors (Lipinski definition) is 1. The molecule has 174 valence electrons. The van der Waals surface area contributed by atoms with Gasteiger partial charge in [0.15, 0.2) is 0 Å². The fourth-order valence-corrected chi connectivity index (χ4v) is 5.23. The van der Waals surface area contributed by atoms with Gasteiger partial charge in [0.25, 0.3) is 0 Å². The third-order valence-electron chi connectivity index (χ3n) is 7.26. The zero-order valence-electron chi connectivity index (χ0n) is 21.1. The van der Waals surface area contributed by atoms with Crippen molar-refractivity contribution < 1.29 is 0 Å². The number of aromatic nitrogens is 2. The molecule has 0 unspecified atom stereocenters. The lowest BCUT2D eigenvalue weighted by atomic mass is 9.88. The number of H-pyrrole nitrogens is 1. The van der Waals surface area contributed by atoms with Gasteiger partial charge >= 0.3 is 0 Å². The maximum Gasteiger partial charge on any atom is 0.138 e. The number of nitrogens with one attached hydrogen (secondary N) is 1. The maximum atomic E-state index is 4.97. The fraction of sp³-hybridized carbons (Fsp3) is 0.433. The van der Waals surface area contributed by atoms with Gasteiger partial charge < -0.3 is 9.88 Å². The highest BCUT2D eigenvalue weighted by atomic mass is 15.1. The highest BCUT2D eigenvalue weighted by Crippen LogP contribution is 2.34. The van der Waals surface area contributed by atoms with Crippen LogP contribution >= 0.6 is 0 Å². The Morgan fingerprint density at radius 3 is 2.36 bits per heavy atom. The highest BCUT2D eigenvalue weighted by Gasteiger charge is 2.23. The molecule has 1 fully saturated rings. The van der Waals surface area contributed by atoms with Crippen LogP contribution in [0.1, 0.15) is 78.2 Å². The van der Waals surface area contributed by atoms with Crippen LogP contribution in [-0.2, 0) is 12.8 Å².